The van der Waals surface area contributed by atoms with E-state index in [9.17, 15) is 4.79 Å². The van der Waals surface area contributed by atoms with Gasteiger partial charge in [0.05, 0.1) is 0 Å². The lowest BCUT2D eigenvalue weighted by molar-refractivity contribution is 0.0742. The number of rotatable bonds is 2. The third-order valence-electron chi connectivity index (χ3n) is 4.72. The first kappa shape index (κ1) is 17.5. The molecule has 2 heterocycles. The average molecular weight is 341 g/mol. The number of hydrogen-bond acceptors (Lipinski definition) is 4. The molecule has 1 aromatic carbocycles. The van der Waals surface area contributed by atoms with Crippen LogP contribution in [0, 0.1) is 13.8 Å². The second-order valence-corrected chi connectivity index (χ2v) is 7.83. The number of aromatic nitrogens is 1. The summed E-state index contributed by atoms with van der Waals surface area (Å²) in [6.07, 6.45) is 0. The van der Waals surface area contributed by atoms with Crippen LogP contribution < -0.4 is 4.90 Å². The molecule has 1 aliphatic heterocycles. The number of benzene rings is 1. The molecule has 0 N–H and O–H groups in total. The summed E-state index contributed by atoms with van der Waals surface area (Å²) in [5.74, 6) is 0.642. The first-order valence-corrected chi connectivity index (χ1v) is 8.85. The molecule has 0 spiro atoms. The zero-order valence-electron chi connectivity index (χ0n) is 15.8. The molecule has 3 rings (SSSR count). The zero-order chi connectivity index (χ0) is 18.2. The van der Waals surface area contributed by atoms with Crippen molar-refractivity contribution in [3.05, 3.63) is 46.8 Å². The van der Waals surface area contributed by atoms with Gasteiger partial charge in [-0.25, -0.2) is 0 Å². The van der Waals surface area contributed by atoms with Crippen molar-refractivity contribution >= 4 is 11.6 Å². The van der Waals surface area contributed by atoms with Crippen LogP contribution in [-0.2, 0) is 5.41 Å². The Kier molecular flexibility index (Phi) is 4.58. The van der Waals surface area contributed by atoms with Crippen LogP contribution >= 0.6 is 0 Å². The van der Waals surface area contributed by atoms with E-state index in [-0.39, 0.29) is 11.3 Å². The quantitative estimate of drug-likeness (QED) is 0.838. The monoisotopic (exact) mass is 341 g/mol. The van der Waals surface area contributed by atoms with Crippen molar-refractivity contribution in [3.63, 3.8) is 0 Å². The van der Waals surface area contributed by atoms with E-state index in [1.165, 1.54) is 11.3 Å². The van der Waals surface area contributed by atoms with Gasteiger partial charge in [-0.1, -0.05) is 38.1 Å². The Balaban J connectivity index is 1.73. The summed E-state index contributed by atoms with van der Waals surface area (Å²) in [7, 11) is 0. The molecule has 25 heavy (non-hydrogen) atoms. The molecule has 5 heteroatoms. The van der Waals surface area contributed by atoms with Crippen molar-refractivity contribution in [2.75, 3.05) is 31.1 Å². The smallest absolute Gasteiger partial charge is 0.259 e. The summed E-state index contributed by atoms with van der Waals surface area (Å²) in [5.41, 5.74) is 3.65. The van der Waals surface area contributed by atoms with Gasteiger partial charge < -0.3 is 14.3 Å². The molecule has 1 aliphatic rings. The fraction of sp³-hybridized carbons (Fsp3) is 0.500. The van der Waals surface area contributed by atoms with Crippen LogP contribution in [0.3, 0.4) is 0 Å². The minimum Gasteiger partial charge on any atom is -0.368 e. The molecule has 0 unspecified atom stereocenters. The van der Waals surface area contributed by atoms with E-state index in [4.69, 9.17) is 4.52 Å². The van der Waals surface area contributed by atoms with E-state index < -0.39 is 0 Å². The Hall–Kier alpha value is -2.30. The summed E-state index contributed by atoms with van der Waals surface area (Å²) in [6, 6.07) is 8.51. The van der Waals surface area contributed by atoms with Crippen molar-refractivity contribution in [2.45, 2.75) is 40.0 Å². The highest BCUT2D eigenvalue weighted by Crippen LogP contribution is 2.28. The molecule has 2 aromatic rings. The molecule has 134 valence electrons. The first-order chi connectivity index (χ1) is 11.8. The summed E-state index contributed by atoms with van der Waals surface area (Å²) < 4.78 is 5.33. The second-order valence-electron chi connectivity index (χ2n) is 7.83. The van der Waals surface area contributed by atoms with E-state index in [0.717, 1.165) is 18.8 Å². The van der Waals surface area contributed by atoms with Crippen LogP contribution in [0.15, 0.2) is 28.8 Å². The van der Waals surface area contributed by atoms with Gasteiger partial charge in [0.1, 0.15) is 17.0 Å². The van der Waals surface area contributed by atoms with Crippen molar-refractivity contribution in [1.82, 2.24) is 10.1 Å². The van der Waals surface area contributed by atoms with Crippen LogP contribution in [0.5, 0.6) is 0 Å². The molecule has 0 aliphatic carbocycles. The van der Waals surface area contributed by atoms with Gasteiger partial charge in [-0.3, -0.25) is 4.79 Å². The number of nitrogens with zero attached hydrogens (tertiary/aromatic N) is 3. The van der Waals surface area contributed by atoms with Gasteiger partial charge in [-0.2, -0.15) is 0 Å². The van der Waals surface area contributed by atoms with Gasteiger partial charge in [0.15, 0.2) is 0 Å². The zero-order valence-corrected chi connectivity index (χ0v) is 15.8. The van der Waals surface area contributed by atoms with Crippen LogP contribution in [0.25, 0.3) is 0 Å². The van der Waals surface area contributed by atoms with Gasteiger partial charge in [-0.05, 0) is 31.5 Å². The molecule has 0 atom stereocenters. The third kappa shape index (κ3) is 3.55. The Morgan fingerprint density at radius 3 is 2.40 bits per heavy atom. The van der Waals surface area contributed by atoms with Crippen molar-refractivity contribution < 1.29 is 9.32 Å². The number of piperazine rings is 1. The maximum absolute atomic E-state index is 13.1. The molecule has 0 saturated carbocycles. The molecule has 1 aromatic heterocycles. The highest BCUT2D eigenvalue weighted by Gasteiger charge is 2.32. The maximum atomic E-state index is 13.1. The first-order valence-electron chi connectivity index (χ1n) is 8.85. The fourth-order valence-electron chi connectivity index (χ4n) is 3.29. The lowest BCUT2D eigenvalue weighted by atomic mass is 9.88. The summed E-state index contributed by atoms with van der Waals surface area (Å²) >= 11 is 0. The lowest BCUT2D eigenvalue weighted by Gasteiger charge is -2.36. The summed E-state index contributed by atoms with van der Waals surface area (Å²) in [6.45, 7) is 13.2. The molecule has 1 fully saturated rings. The molecular formula is C20H27N3O2. The lowest BCUT2D eigenvalue weighted by Crippen LogP contribution is -2.49. The van der Waals surface area contributed by atoms with Crippen LogP contribution in [0.1, 0.15) is 48.1 Å². The SMILES string of the molecule is Cc1cccc(N2CCN(C(=O)c3c(C(C)(C)C)noc3C)CC2)c1. The Morgan fingerprint density at radius 1 is 1.12 bits per heavy atom. The fourth-order valence-corrected chi connectivity index (χ4v) is 3.29. The van der Waals surface area contributed by atoms with Crippen molar-refractivity contribution in [2.24, 2.45) is 0 Å². The molecule has 0 bridgehead atoms. The van der Waals surface area contributed by atoms with Gasteiger partial charge in [0, 0.05) is 37.3 Å². The predicted octanol–water partition coefficient (Wildman–Crippen LogP) is 3.55. The minimum atomic E-state index is -0.216. The van der Waals surface area contributed by atoms with Gasteiger partial charge in [-0.15, -0.1) is 0 Å². The van der Waals surface area contributed by atoms with Crippen LogP contribution in [0.2, 0.25) is 0 Å². The summed E-state index contributed by atoms with van der Waals surface area (Å²) in [4.78, 5) is 17.3. The van der Waals surface area contributed by atoms with Gasteiger partial charge in [0.25, 0.3) is 5.91 Å². The highest BCUT2D eigenvalue weighted by molar-refractivity contribution is 5.96. The molecular weight excluding hydrogens is 314 g/mol. The highest BCUT2D eigenvalue weighted by atomic mass is 16.5. The van der Waals surface area contributed by atoms with Gasteiger partial charge in [0.2, 0.25) is 0 Å². The Morgan fingerprint density at radius 2 is 1.80 bits per heavy atom. The Labute approximate surface area is 149 Å². The predicted molar refractivity (Wildman–Crippen MR) is 99.2 cm³/mol. The number of amides is 1. The third-order valence-corrected chi connectivity index (χ3v) is 4.72. The van der Waals surface area contributed by atoms with E-state index in [1.54, 1.807) is 0 Å². The number of anilines is 1. The van der Waals surface area contributed by atoms with Crippen LogP contribution in [-0.4, -0.2) is 42.1 Å². The largest absolute Gasteiger partial charge is 0.368 e. The number of aryl methyl sites for hydroxylation is 2. The van der Waals surface area contributed by atoms with E-state index >= 15 is 0 Å². The summed E-state index contributed by atoms with van der Waals surface area (Å²) in [5, 5.41) is 4.14. The van der Waals surface area contributed by atoms with Crippen molar-refractivity contribution in [3.8, 4) is 0 Å². The van der Waals surface area contributed by atoms with Gasteiger partial charge >= 0.3 is 0 Å². The number of carbonyl (C=O) groups is 1. The minimum absolute atomic E-state index is 0.0348. The van der Waals surface area contributed by atoms with E-state index in [1.807, 2.05) is 11.8 Å². The molecule has 5 nitrogen and oxygen atoms in total. The standard InChI is InChI=1S/C20H27N3O2/c1-14-7-6-8-16(13-14)22-9-11-23(12-10-22)19(24)17-15(2)25-21-18(17)20(3,4)5/h6-8,13H,9-12H2,1-5H3. The number of hydrogen-bond donors (Lipinski definition) is 0. The molecule has 1 saturated heterocycles. The normalized spacial score (nSPS) is 15.6. The van der Waals surface area contributed by atoms with Crippen molar-refractivity contribution in [1.29, 1.82) is 0 Å². The van der Waals surface area contributed by atoms with E-state index in [0.29, 0.717) is 24.4 Å². The van der Waals surface area contributed by atoms with Crippen LogP contribution in [0.4, 0.5) is 5.69 Å². The topological polar surface area (TPSA) is 49.6 Å². The number of carbonyl (C=O) groups excluding carboxylic acids is 1. The molecule has 1 amide bonds. The van der Waals surface area contributed by atoms with E-state index in [2.05, 4.69) is 62.0 Å². The molecule has 0 radical (unpaired) electrons. The Bertz CT molecular complexity index is 765. The maximum Gasteiger partial charge on any atom is 0.259 e. The second kappa shape index (κ2) is 6.54. The average Bonchev–Trinajstić information content (AvgIpc) is 2.96.